The smallest absolute Gasteiger partial charge is 0.307 e. The highest BCUT2D eigenvalue weighted by Crippen LogP contribution is 2.05. The Hall–Kier alpha value is -1.55. The highest BCUT2D eigenvalue weighted by atomic mass is 16.2. The van der Waals surface area contributed by atoms with Gasteiger partial charge in [0, 0.05) is 18.8 Å². The van der Waals surface area contributed by atoms with Gasteiger partial charge in [-0.1, -0.05) is 12.1 Å². The highest BCUT2D eigenvalue weighted by Gasteiger charge is 2.15. The van der Waals surface area contributed by atoms with Crippen molar-refractivity contribution < 1.29 is 4.79 Å². The van der Waals surface area contributed by atoms with E-state index in [4.69, 9.17) is 0 Å². The quantitative estimate of drug-likeness (QED) is 0.736. The lowest BCUT2D eigenvalue weighted by molar-refractivity contribution is 0.124. The van der Waals surface area contributed by atoms with Crippen molar-refractivity contribution in [3.63, 3.8) is 0 Å². The molecule has 4 nitrogen and oxygen atoms in total. The number of hydrogen-bond acceptors (Lipinski definition) is 2. The van der Waals surface area contributed by atoms with Gasteiger partial charge in [0.1, 0.15) is 0 Å². The third-order valence-corrected chi connectivity index (χ3v) is 2.09. The van der Waals surface area contributed by atoms with Crippen LogP contribution in [0.1, 0.15) is 6.42 Å². The molecule has 1 aromatic carbocycles. The van der Waals surface area contributed by atoms with Crippen LogP contribution in [-0.2, 0) is 0 Å². The van der Waals surface area contributed by atoms with Crippen LogP contribution in [0.2, 0.25) is 0 Å². The molecule has 2 amide bonds. The summed E-state index contributed by atoms with van der Waals surface area (Å²) in [5, 5.41) is 4.61. The Kier molecular flexibility index (Phi) is 2.65. The first-order chi connectivity index (χ1) is 6.84. The molecule has 0 atom stereocenters. The Labute approximate surface area is 82.9 Å². The molecule has 1 aliphatic rings. The van der Waals surface area contributed by atoms with E-state index in [1.807, 2.05) is 5.01 Å². The van der Waals surface area contributed by atoms with Crippen molar-refractivity contribution in [2.45, 2.75) is 6.42 Å². The molecule has 1 heterocycles. The number of hydrazine groups is 1. The summed E-state index contributed by atoms with van der Waals surface area (Å²) in [4.78, 5) is 11.3. The third-order valence-electron chi connectivity index (χ3n) is 2.09. The minimum absolute atomic E-state index is 0.184. The molecule has 0 bridgehead atoms. The molecule has 4 heteroatoms. The number of amides is 2. The average molecular weight is 190 g/mol. The molecule has 1 aliphatic heterocycles. The van der Waals surface area contributed by atoms with Gasteiger partial charge in [0.05, 0.1) is 0 Å². The monoisotopic (exact) mass is 190 g/mol. The minimum atomic E-state index is -0.184. The second kappa shape index (κ2) is 4.11. The van der Waals surface area contributed by atoms with Crippen LogP contribution in [0.15, 0.2) is 24.3 Å². The molecule has 1 fully saturated rings. The van der Waals surface area contributed by atoms with E-state index in [0.717, 1.165) is 25.2 Å². The summed E-state index contributed by atoms with van der Waals surface area (Å²) in [5.74, 6) is 0. The van der Waals surface area contributed by atoms with Gasteiger partial charge in [-0.3, -0.25) is 5.43 Å². The summed E-state index contributed by atoms with van der Waals surface area (Å²) in [7, 11) is 0. The number of nitrogens with zero attached hydrogens (tertiary/aromatic N) is 1. The first kappa shape index (κ1) is 9.02. The fraction of sp³-hybridized carbons (Fsp3) is 0.300. The van der Waals surface area contributed by atoms with Crippen LogP contribution in [0.3, 0.4) is 0 Å². The van der Waals surface area contributed by atoms with Crippen molar-refractivity contribution in [3.05, 3.63) is 30.3 Å². The van der Waals surface area contributed by atoms with E-state index in [9.17, 15) is 4.79 Å². The standard InChI is InChI=1S/C10H12N3O/c14-10(12-13-7-4-8-13)11-9-5-2-1-3-6-9/h2-3,5-6H,4,7-8H2,(H2,11,12,14). The lowest BCUT2D eigenvalue weighted by Crippen LogP contribution is -2.51. The Balaban J connectivity index is 1.82. The third kappa shape index (κ3) is 2.23. The molecule has 0 aromatic heterocycles. The van der Waals surface area contributed by atoms with E-state index in [-0.39, 0.29) is 6.03 Å². The van der Waals surface area contributed by atoms with E-state index in [1.54, 1.807) is 24.3 Å². The Morgan fingerprint density at radius 2 is 2.07 bits per heavy atom. The highest BCUT2D eigenvalue weighted by molar-refractivity contribution is 5.88. The van der Waals surface area contributed by atoms with Gasteiger partial charge in [-0.15, -0.1) is 0 Å². The van der Waals surface area contributed by atoms with Gasteiger partial charge >= 0.3 is 6.03 Å². The molecule has 1 aromatic rings. The predicted octanol–water partition coefficient (Wildman–Crippen LogP) is 1.23. The van der Waals surface area contributed by atoms with Crippen LogP contribution < -0.4 is 10.7 Å². The summed E-state index contributed by atoms with van der Waals surface area (Å²) in [5.41, 5.74) is 3.52. The van der Waals surface area contributed by atoms with Crippen LogP contribution in [0.5, 0.6) is 0 Å². The molecular formula is C10H12N3O. The fourth-order valence-corrected chi connectivity index (χ4v) is 1.20. The molecule has 1 saturated heterocycles. The van der Waals surface area contributed by atoms with Gasteiger partial charge in [0.25, 0.3) is 0 Å². The first-order valence-electron chi connectivity index (χ1n) is 4.63. The van der Waals surface area contributed by atoms with E-state index in [0.29, 0.717) is 0 Å². The molecule has 0 saturated carbocycles. The second-order valence-electron chi connectivity index (χ2n) is 3.20. The molecule has 2 N–H and O–H groups in total. The van der Waals surface area contributed by atoms with Crippen LogP contribution in [0, 0.1) is 6.07 Å². The Morgan fingerprint density at radius 3 is 2.64 bits per heavy atom. The second-order valence-corrected chi connectivity index (χ2v) is 3.20. The number of hydrogen-bond donors (Lipinski definition) is 2. The maximum Gasteiger partial charge on any atom is 0.333 e. The van der Waals surface area contributed by atoms with Gasteiger partial charge in [0.15, 0.2) is 0 Å². The molecule has 0 aliphatic carbocycles. The first-order valence-corrected chi connectivity index (χ1v) is 4.63. The Bertz CT molecular complexity index is 308. The summed E-state index contributed by atoms with van der Waals surface area (Å²) in [6, 6.07) is 9.83. The number of carbonyl (C=O) groups excluding carboxylic acids is 1. The van der Waals surface area contributed by atoms with Crippen molar-refractivity contribution in [2.75, 3.05) is 18.4 Å². The number of benzene rings is 1. The topological polar surface area (TPSA) is 44.4 Å². The average Bonchev–Trinajstić information content (AvgIpc) is 2.13. The number of anilines is 1. The molecule has 0 spiro atoms. The van der Waals surface area contributed by atoms with E-state index >= 15 is 0 Å². The molecule has 0 unspecified atom stereocenters. The van der Waals surface area contributed by atoms with Crippen molar-refractivity contribution >= 4 is 11.7 Å². The lowest BCUT2D eigenvalue weighted by atomic mass is 10.3. The number of urea groups is 1. The molecule has 14 heavy (non-hydrogen) atoms. The molecule has 2 rings (SSSR count). The van der Waals surface area contributed by atoms with E-state index in [2.05, 4.69) is 16.8 Å². The number of carbonyl (C=O) groups is 1. The molecule has 1 radical (unpaired) electrons. The number of nitrogens with one attached hydrogen (secondary N) is 2. The normalized spacial score (nSPS) is 15.7. The SMILES string of the molecule is O=C(Nc1cc[c]cc1)NN1CCC1. The van der Waals surface area contributed by atoms with Crippen LogP contribution in [-0.4, -0.2) is 24.1 Å². The van der Waals surface area contributed by atoms with E-state index in [1.165, 1.54) is 0 Å². The van der Waals surface area contributed by atoms with Gasteiger partial charge in [-0.05, 0) is 24.6 Å². The number of rotatable bonds is 2. The van der Waals surface area contributed by atoms with E-state index < -0.39 is 0 Å². The van der Waals surface area contributed by atoms with Crippen LogP contribution >= 0.6 is 0 Å². The van der Waals surface area contributed by atoms with Gasteiger partial charge in [0.2, 0.25) is 0 Å². The zero-order valence-corrected chi connectivity index (χ0v) is 7.79. The maximum atomic E-state index is 11.3. The van der Waals surface area contributed by atoms with Crippen molar-refractivity contribution in [1.82, 2.24) is 10.4 Å². The fourth-order valence-electron chi connectivity index (χ4n) is 1.20. The largest absolute Gasteiger partial charge is 0.333 e. The lowest BCUT2D eigenvalue weighted by Gasteiger charge is -2.30. The summed E-state index contributed by atoms with van der Waals surface area (Å²) < 4.78 is 0. The van der Waals surface area contributed by atoms with Crippen LogP contribution in [0.25, 0.3) is 0 Å². The molecule has 73 valence electrons. The molecular weight excluding hydrogens is 178 g/mol. The van der Waals surface area contributed by atoms with Gasteiger partial charge < -0.3 is 5.32 Å². The van der Waals surface area contributed by atoms with Crippen molar-refractivity contribution in [1.29, 1.82) is 0 Å². The van der Waals surface area contributed by atoms with Gasteiger partial charge in [-0.2, -0.15) is 0 Å². The summed E-state index contributed by atoms with van der Waals surface area (Å²) in [6.45, 7) is 1.88. The maximum absolute atomic E-state index is 11.3. The van der Waals surface area contributed by atoms with Crippen molar-refractivity contribution in [3.8, 4) is 0 Å². The van der Waals surface area contributed by atoms with Crippen molar-refractivity contribution in [2.24, 2.45) is 0 Å². The Morgan fingerprint density at radius 1 is 1.36 bits per heavy atom. The zero-order valence-electron chi connectivity index (χ0n) is 7.79. The summed E-state index contributed by atoms with van der Waals surface area (Å²) >= 11 is 0. The summed E-state index contributed by atoms with van der Waals surface area (Å²) in [6.07, 6.45) is 1.15. The van der Waals surface area contributed by atoms with Gasteiger partial charge in [-0.25, -0.2) is 9.80 Å². The minimum Gasteiger partial charge on any atom is -0.307 e. The van der Waals surface area contributed by atoms with Crippen LogP contribution in [0.4, 0.5) is 10.5 Å². The zero-order chi connectivity index (χ0) is 9.80. The predicted molar refractivity (Wildman–Crippen MR) is 53.6 cm³/mol.